The second kappa shape index (κ2) is 7.61. The van der Waals surface area contributed by atoms with Crippen molar-refractivity contribution in [1.29, 1.82) is 0 Å². The van der Waals surface area contributed by atoms with Crippen LogP contribution in [0.25, 0.3) is 0 Å². The van der Waals surface area contributed by atoms with Crippen molar-refractivity contribution in [3.63, 3.8) is 0 Å². The number of hydrogen-bond acceptors (Lipinski definition) is 6. The minimum Gasteiger partial charge on any atom is -0.497 e. The molecule has 0 fully saturated rings. The van der Waals surface area contributed by atoms with Gasteiger partial charge in [-0.05, 0) is 37.1 Å². The molecule has 2 atom stereocenters. The van der Waals surface area contributed by atoms with Crippen LogP contribution in [0.5, 0.6) is 11.5 Å². The smallest absolute Gasteiger partial charge is 0.233 e. The van der Waals surface area contributed by atoms with Crippen LogP contribution in [0.3, 0.4) is 0 Å². The third-order valence-corrected chi connectivity index (χ3v) is 6.27. The van der Waals surface area contributed by atoms with E-state index in [0.717, 1.165) is 45.2 Å². The summed E-state index contributed by atoms with van der Waals surface area (Å²) in [5, 5.41) is 7.55. The van der Waals surface area contributed by atoms with Gasteiger partial charge in [0.05, 0.1) is 25.5 Å². The molecule has 6 nitrogen and oxygen atoms in total. The number of rotatable bonds is 4. The van der Waals surface area contributed by atoms with Crippen LogP contribution in [-0.2, 0) is 4.79 Å². The second-order valence-electron chi connectivity index (χ2n) is 8.01. The monoisotopic (exact) mass is 416 g/mol. The number of carbonyl (C=O) groups is 1. The summed E-state index contributed by atoms with van der Waals surface area (Å²) in [5.74, 6) is 2.05. The molecule has 1 aliphatic carbocycles. The van der Waals surface area contributed by atoms with Gasteiger partial charge in [-0.2, -0.15) is 0 Å². The molecular formula is C25H24N2O4. The molecule has 0 amide bonds. The van der Waals surface area contributed by atoms with Gasteiger partial charge in [-0.15, -0.1) is 0 Å². The van der Waals surface area contributed by atoms with Crippen molar-refractivity contribution < 1.29 is 18.8 Å². The quantitative estimate of drug-likeness (QED) is 0.648. The molecule has 1 N–H and O–H groups in total. The SMILES string of the molecule is COc1ccc(OC)c([C@H]2CC(=O)C3=C(C2)Nc2onc(C)c2[C@@H]3c2ccccc2)c1. The largest absolute Gasteiger partial charge is 0.497 e. The third kappa shape index (κ3) is 3.19. The van der Waals surface area contributed by atoms with E-state index in [1.807, 2.05) is 43.3 Å². The van der Waals surface area contributed by atoms with E-state index in [4.69, 9.17) is 14.0 Å². The molecule has 0 spiro atoms. The van der Waals surface area contributed by atoms with Gasteiger partial charge in [0.25, 0.3) is 0 Å². The molecule has 158 valence electrons. The van der Waals surface area contributed by atoms with Crippen LogP contribution in [0.1, 0.15) is 47.1 Å². The van der Waals surface area contributed by atoms with Crippen LogP contribution in [0.4, 0.5) is 5.88 Å². The molecule has 2 heterocycles. The molecule has 6 heteroatoms. The molecule has 2 aliphatic rings. The van der Waals surface area contributed by atoms with Gasteiger partial charge >= 0.3 is 0 Å². The molecule has 0 saturated heterocycles. The molecule has 0 radical (unpaired) electrons. The Bertz CT molecular complexity index is 1180. The number of aromatic nitrogens is 1. The fraction of sp³-hybridized carbons (Fsp3) is 0.280. The van der Waals surface area contributed by atoms with Gasteiger partial charge in [-0.25, -0.2) is 0 Å². The van der Waals surface area contributed by atoms with Crippen molar-refractivity contribution in [2.24, 2.45) is 0 Å². The fourth-order valence-corrected chi connectivity index (χ4v) is 4.83. The normalized spacial score (nSPS) is 20.0. The minimum absolute atomic E-state index is 0.0224. The summed E-state index contributed by atoms with van der Waals surface area (Å²) in [4.78, 5) is 13.6. The maximum Gasteiger partial charge on any atom is 0.233 e. The van der Waals surface area contributed by atoms with E-state index in [9.17, 15) is 4.79 Å². The van der Waals surface area contributed by atoms with Crippen LogP contribution >= 0.6 is 0 Å². The molecule has 0 saturated carbocycles. The molecule has 5 rings (SSSR count). The Balaban J connectivity index is 1.61. The summed E-state index contributed by atoms with van der Waals surface area (Å²) < 4.78 is 16.6. The average molecular weight is 416 g/mol. The van der Waals surface area contributed by atoms with Crippen LogP contribution in [0.2, 0.25) is 0 Å². The fourth-order valence-electron chi connectivity index (χ4n) is 4.83. The first-order chi connectivity index (χ1) is 15.1. The Kier molecular flexibility index (Phi) is 4.77. The Morgan fingerprint density at radius 3 is 2.61 bits per heavy atom. The van der Waals surface area contributed by atoms with Crippen LogP contribution < -0.4 is 14.8 Å². The highest BCUT2D eigenvalue weighted by Crippen LogP contribution is 2.50. The lowest BCUT2D eigenvalue weighted by molar-refractivity contribution is -0.116. The number of benzene rings is 2. The molecule has 1 aliphatic heterocycles. The van der Waals surface area contributed by atoms with Crippen molar-refractivity contribution >= 4 is 11.7 Å². The predicted octanol–water partition coefficient (Wildman–Crippen LogP) is 4.96. The highest BCUT2D eigenvalue weighted by molar-refractivity contribution is 6.01. The van der Waals surface area contributed by atoms with Gasteiger partial charge in [0.15, 0.2) is 5.78 Å². The van der Waals surface area contributed by atoms with Gasteiger partial charge in [-0.1, -0.05) is 35.5 Å². The summed E-state index contributed by atoms with van der Waals surface area (Å²) >= 11 is 0. The van der Waals surface area contributed by atoms with E-state index in [1.165, 1.54) is 0 Å². The molecule has 3 aromatic rings. The lowest BCUT2D eigenvalue weighted by Crippen LogP contribution is -2.29. The van der Waals surface area contributed by atoms with Crippen LogP contribution in [0.15, 0.2) is 64.3 Å². The topological polar surface area (TPSA) is 73.6 Å². The molecule has 2 aromatic carbocycles. The molecule has 31 heavy (non-hydrogen) atoms. The summed E-state index contributed by atoms with van der Waals surface area (Å²) in [6, 6.07) is 15.8. The first-order valence-corrected chi connectivity index (χ1v) is 10.4. The van der Waals surface area contributed by atoms with Crippen LogP contribution in [0, 0.1) is 6.92 Å². The first kappa shape index (κ1) is 19.4. The third-order valence-electron chi connectivity index (χ3n) is 6.27. The molecule has 0 bridgehead atoms. The van der Waals surface area contributed by atoms with Gasteiger partial charge in [0, 0.05) is 35.1 Å². The molecule has 0 unspecified atom stereocenters. The van der Waals surface area contributed by atoms with Crippen molar-refractivity contribution in [3.05, 3.63) is 82.2 Å². The molecular weight excluding hydrogens is 392 g/mol. The zero-order valence-corrected chi connectivity index (χ0v) is 17.8. The number of Topliss-reactive ketones (excluding diaryl/α,β-unsaturated/α-hetero) is 1. The molecule has 1 aromatic heterocycles. The van der Waals surface area contributed by atoms with E-state index in [-0.39, 0.29) is 17.6 Å². The highest BCUT2D eigenvalue weighted by atomic mass is 16.5. The van der Waals surface area contributed by atoms with Gasteiger partial charge in [0.1, 0.15) is 11.5 Å². The zero-order valence-electron chi connectivity index (χ0n) is 17.8. The number of carbonyl (C=O) groups excluding carboxylic acids is 1. The maximum absolute atomic E-state index is 13.6. The number of aryl methyl sites for hydroxylation is 1. The maximum atomic E-state index is 13.6. The Hall–Kier alpha value is -3.54. The van der Waals surface area contributed by atoms with Crippen molar-refractivity contribution in [3.8, 4) is 11.5 Å². The number of methoxy groups -OCH3 is 2. The number of nitrogens with one attached hydrogen (secondary N) is 1. The van der Waals surface area contributed by atoms with Crippen LogP contribution in [-0.4, -0.2) is 25.2 Å². The van der Waals surface area contributed by atoms with Gasteiger partial charge in [0.2, 0.25) is 5.88 Å². The minimum atomic E-state index is -0.181. The Morgan fingerprint density at radius 1 is 1.06 bits per heavy atom. The number of allylic oxidation sites excluding steroid dienone is 2. The van der Waals surface area contributed by atoms with Crippen molar-refractivity contribution in [2.75, 3.05) is 19.5 Å². The lowest BCUT2D eigenvalue weighted by Gasteiger charge is -2.34. The van der Waals surface area contributed by atoms with Crippen molar-refractivity contribution in [2.45, 2.75) is 31.6 Å². The van der Waals surface area contributed by atoms with Gasteiger partial charge < -0.3 is 19.3 Å². The average Bonchev–Trinajstić information content (AvgIpc) is 3.17. The van der Waals surface area contributed by atoms with E-state index in [1.54, 1.807) is 14.2 Å². The predicted molar refractivity (Wildman–Crippen MR) is 117 cm³/mol. The van der Waals surface area contributed by atoms with E-state index in [2.05, 4.69) is 22.6 Å². The summed E-state index contributed by atoms with van der Waals surface area (Å²) in [6.45, 7) is 1.92. The Labute approximate surface area is 180 Å². The number of fused-ring (bicyclic) bond motifs is 1. The van der Waals surface area contributed by atoms with Gasteiger partial charge in [-0.3, -0.25) is 4.79 Å². The van der Waals surface area contributed by atoms with E-state index < -0.39 is 0 Å². The number of nitrogens with zero attached hydrogens (tertiary/aromatic N) is 1. The summed E-state index contributed by atoms with van der Waals surface area (Å²) in [5.41, 5.74) is 5.48. The number of ketones is 1. The highest BCUT2D eigenvalue weighted by Gasteiger charge is 2.41. The van der Waals surface area contributed by atoms with E-state index in [0.29, 0.717) is 18.7 Å². The number of ether oxygens (including phenoxy) is 2. The summed E-state index contributed by atoms with van der Waals surface area (Å²) in [6.07, 6.45) is 1.08. The second-order valence-corrected chi connectivity index (χ2v) is 8.01. The zero-order chi connectivity index (χ0) is 21.5. The lowest BCUT2D eigenvalue weighted by atomic mass is 9.72. The van der Waals surface area contributed by atoms with E-state index >= 15 is 0 Å². The number of hydrogen-bond donors (Lipinski definition) is 1. The first-order valence-electron chi connectivity index (χ1n) is 10.4. The standard InChI is InChI=1S/C25H24N2O4/c1-14-22-23(15-7-5-4-6-8-15)24-19(26-25(22)31-27-14)11-16(12-20(24)28)18-13-17(29-2)9-10-21(18)30-3/h4-10,13,16,23,26H,11-12H2,1-3H3/t16-,23+/m1/s1. The Morgan fingerprint density at radius 2 is 1.87 bits per heavy atom. The van der Waals surface area contributed by atoms with Crippen molar-refractivity contribution in [1.82, 2.24) is 5.16 Å². The summed E-state index contributed by atoms with van der Waals surface area (Å²) in [7, 11) is 3.29. The number of anilines is 1.